The van der Waals surface area contributed by atoms with E-state index in [1.54, 1.807) is 6.08 Å². The summed E-state index contributed by atoms with van der Waals surface area (Å²) in [6.07, 6.45) is 1.68. The van der Waals surface area contributed by atoms with Gasteiger partial charge in [0.2, 0.25) is 0 Å². The predicted molar refractivity (Wildman–Crippen MR) is 89.3 cm³/mol. The van der Waals surface area contributed by atoms with Crippen molar-refractivity contribution in [3.8, 4) is 11.5 Å². The number of rotatable bonds is 3. The van der Waals surface area contributed by atoms with E-state index in [1.165, 1.54) is 11.1 Å². The normalized spacial score (nSPS) is 16.3. The highest BCUT2D eigenvalue weighted by Gasteiger charge is 2.25. The summed E-state index contributed by atoms with van der Waals surface area (Å²) >= 11 is 0. The largest absolute Gasteiger partial charge is 0.463 e. The zero-order valence-electron chi connectivity index (χ0n) is 12.8. The van der Waals surface area contributed by atoms with Crippen molar-refractivity contribution in [3.63, 3.8) is 0 Å². The molecule has 2 aromatic carbocycles. The van der Waals surface area contributed by atoms with Gasteiger partial charge in [0.25, 0.3) is 0 Å². The Labute approximate surface area is 132 Å². The second kappa shape index (κ2) is 6.12. The minimum Gasteiger partial charge on any atom is -0.418 e. The zero-order chi connectivity index (χ0) is 15.6. The highest BCUT2D eigenvalue weighted by molar-refractivity contribution is 7.42. The molecule has 0 unspecified atom stereocenters. The van der Waals surface area contributed by atoms with Crippen LogP contribution in [0.5, 0.6) is 11.5 Å². The lowest BCUT2D eigenvalue weighted by atomic mass is 9.78. The first kappa shape index (κ1) is 15.1. The average Bonchev–Trinajstić information content (AvgIpc) is 2.52. The van der Waals surface area contributed by atoms with E-state index in [0.717, 1.165) is 11.5 Å². The van der Waals surface area contributed by atoms with Crippen molar-refractivity contribution >= 4 is 8.60 Å². The fourth-order valence-electron chi connectivity index (χ4n) is 2.39. The summed E-state index contributed by atoms with van der Waals surface area (Å²) < 4.78 is 17.3. The van der Waals surface area contributed by atoms with Gasteiger partial charge in [-0.05, 0) is 35.4 Å². The number of hydrogen-bond donors (Lipinski definition) is 0. The second-order valence-electron chi connectivity index (χ2n) is 5.66. The molecule has 4 bridgehead atoms. The summed E-state index contributed by atoms with van der Waals surface area (Å²) in [5.41, 5.74) is 2.41. The monoisotopic (exact) mass is 314 g/mol. The van der Waals surface area contributed by atoms with Gasteiger partial charge < -0.3 is 9.05 Å². The topological polar surface area (TPSA) is 27.7 Å². The van der Waals surface area contributed by atoms with Crippen LogP contribution < -0.4 is 9.05 Å². The summed E-state index contributed by atoms with van der Waals surface area (Å²) in [5, 5.41) is 0. The summed E-state index contributed by atoms with van der Waals surface area (Å²) in [4.78, 5) is 0. The van der Waals surface area contributed by atoms with Gasteiger partial charge in [-0.15, -0.1) is 6.58 Å². The van der Waals surface area contributed by atoms with Crippen LogP contribution in [0.15, 0.2) is 61.2 Å². The van der Waals surface area contributed by atoms with Gasteiger partial charge in [0, 0.05) is 5.41 Å². The van der Waals surface area contributed by atoms with Gasteiger partial charge in [-0.3, -0.25) is 4.52 Å². The molecule has 0 atom stereocenters. The molecule has 0 amide bonds. The van der Waals surface area contributed by atoms with Gasteiger partial charge in [0.05, 0.1) is 6.61 Å². The molecule has 22 heavy (non-hydrogen) atoms. The van der Waals surface area contributed by atoms with Gasteiger partial charge in [0.15, 0.2) is 0 Å². The molecule has 3 nitrogen and oxygen atoms in total. The minimum atomic E-state index is -1.50. The third-order valence-electron chi connectivity index (χ3n) is 3.81. The molecule has 4 heterocycles. The van der Waals surface area contributed by atoms with Crippen LogP contribution in [0.1, 0.15) is 25.0 Å². The van der Waals surface area contributed by atoms with E-state index in [1.807, 2.05) is 24.3 Å². The molecule has 4 heteroatoms. The van der Waals surface area contributed by atoms with Crippen LogP contribution in [0.3, 0.4) is 0 Å². The standard InChI is InChI=1S/C18H19O3P/c1-4-13-19-22-20-16-9-5-14(6-10-16)18(2,3)15-7-11-17(21-22)12-8-15/h4-12H,1,13H2,2-3H3. The third kappa shape index (κ3) is 3.01. The quantitative estimate of drug-likeness (QED) is 0.575. The van der Waals surface area contributed by atoms with Crippen molar-refractivity contribution in [2.24, 2.45) is 0 Å². The summed E-state index contributed by atoms with van der Waals surface area (Å²) in [5.74, 6) is 1.48. The molecule has 6 rings (SSSR count). The van der Waals surface area contributed by atoms with Crippen molar-refractivity contribution in [2.75, 3.05) is 6.61 Å². The smallest absolute Gasteiger partial charge is 0.418 e. The van der Waals surface area contributed by atoms with Crippen molar-refractivity contribution in [1.82, 2.24) is 0 Å². The van der Waals surface area contributed by atoms with Crippen LogP contribution in [-0.4, -0.2) is 6.61 Å². The van der Waals surface area contributed by atoms with E-state index >= 15 is 0 Å². The SMILES string of the molecule is C=CCOP1Oc2ccc(cc2)C(C)(C)c2ccc(cc2)O1. The van der Waals surface area contributed by atoms with Crippen molar-refractivity contribution < 1.29 is 13.6 Å². The lowest BCUT2D eigenvalue weighted by molar-refractivity contribution is 0.294. The Bertz CT molecular complexity index is 596. The van der Waals surface area contributed by atoms with E-state index in [2.05, 4.69) is 44.7 Å². The third-order valence-corrected chi connectivity index (χ3v) is 4.89. The maximum Gasteiger partial charge on any atom is 0.463 e. The van der Waals surface area contributed by atoms with Crippen LogP contribution in [0.25, 0.3) is 0 Å². The van der Waals surface area contributed by atoms with Gasteiger partial charge in [-0.1, -0.05) is 44.2 Å². The van der Waals surface area contributed by atoms with Crippen LogP contribution >= 0.6 is 8.60 Å². The first-order chi connectivity index (χ1) is 10.6. The van der Waals surface area contributed by atoms with Gasteiger partial charge in [0.1, 0.15) is 11.5 Å². The Balaban J connectivity index is 2.02. The fraction of sp³-hybridized carbons (Fsp3) is 0.222. The van der Waals surface area contributed by atoms with Crippen LogP contribution in [0.2, 0.25) is 0 Å². The summed E-state index contributed by atoms with van der Waals surface area (Å²) in [6, 6.07) is 16.2. The molecule has 4 aliphatic heterocycles. The first-order valence-electron chi connectivity index (χ1n) is 7.20. The van der Waals surface area contributed by atoms with Crippen LogP contribution in [-0.2, 0) is 9.94 Å². The van der Waals surface area contributed by atoms with Crippen LogP contribution in [0.4, 0.5) is 0 Å². The summed E-state index contributed by atoms with van der Waals surface area (Å²) in [7, 11) is -1.50. The highest BCUT2D eigenvalue weighted by Crippen LogP contribution is 2.43. The minimum absolute atomic E-state index is 0.0691. The van der Waals surface area contributed by atoms with E-state index in [9.17, 15) is 0 Å². The molecule has 0 saturated carbocycles. The van der Waals surface area contributed by atoms with E-state index < -0.39 is 8.60 Å². The van der Waals surface area contributed by atoms with E-state index in [-0.39, 0.29) is 5.41 Å². The predicted octanol–water partition coefficient (Wildman–Crippen LogP) is 5.21. The lowest BCUT2D eigenvalue weighted by Crippen LogP contribution is -2.18. The second-order valence-corrected chi connectivity index (χ2v) is 6.73. The molecule has 0 spiro atoms. The Morgan fingerprint density at radius 3 is 1.82 bits per heavy atom. The Kier molecular flexibility index (Phi) is 4.19. The molecule has 0 aliphatic carbocycles. The Morgan fingerprint density at radius 2 is 1.41 bits per heavy atom. The van der Waals surface area contributed by atoms with Gasteiger partial charge in [-0.25, -0.2) is 0 Å². The molecule has 2 aromatic rings. The van der Waals surface area contributed by atoms with Gasteiger partial charge >= 0.3 is 8.60 Å². The fourth-order valence-corrected chi connectivity index (χ4v) is 3.35. The van der Waals surface area contributed by atoms with Crippen molar-refractivity contribution in [2.45, 2.75) is 19.3 Å². The average molecular weight is 314 g/mol. The number of hydrogen-bond acceptors (Lipinski definition) is 3. The number of benzene rings is 2. The van der Waals surface area contributed by atoms with Gasteiger partial charge in [-0.2, -0.15) is 0 Å². The molecule has 4 aliphatic rings. The van der Waals surface area contributed by atoms with Crippen molar-refractivity contribution in [3.05, 3.63) is 72.3 Å². The molecular formula is C18H19O3P. The van der Waals surface area contributed by atoms with Crippen LogP contribution in [0, 0.1) is 0 Å². The zero-order valence-corrected chi connectivity index (χ0v) is 13.7. The molecule has 0 radical (unpaired) electrons. The maximum absolute atomic E-state index is 5.84. The molecule has 0 N–H and O–H groups in total. The first-order valence-corrected chi connectivity index (χ1v) is 8.30. The molecule has 0 saturated heterocycles. The molecule has 0 fully saturated rings. The highest BCUT2D eigenvalue weighted by atomic mass is 31.2. The van der Waals surface area contributed by atoms with E-state index in [4.69, 9.17) is 13.6 Å². The maximum atomic E-state index is 5.84. The van der Waals surface area contributed by atoms with Crippen molar-refractivity contribution in [1.29, 1.82) is 0 Å². The molecule has 114 valence electrons. The molecule has 0 aromatic heterocycles. The summed E-state index contributed by atoms with van der Waals surface area (Å²) in [6.45, 7) is 8.47. The Morgan fingerprint density at radius 1 is 0.955 bits per heavy atom. The lowest BCUT2D eigenvalue weighted by Gasteiger charge is -2.27. The molecular weight excluding hydrogens is 295 g/mol. The van der Waals surface area contributed by atoms with E-state index in [0.29, 0.717) is 6.61 Å². The Hall–Kier alpha value is -1.83.